The molecule has 2 aromatic rings. The molecule has 5 nitrogen and oxygen atoms in total. The number of halogens is 3. The van der Waals surface area contributed by atoms with Gasteiger partial charge in [-0.15, -0.1) is 0 Å². The van der Waals surface area contributed by atoms with Crippen LogP contribution in [0.4, 0.5) is 13.2 Å². The number of alkyl halides is 3. The van der Waals surface area contributed by atoms with Gasteiger partial charge in [0.05, 0.1) is 12.1 Å². The maximum absolute atomic E-state index is 12.9. The Kier molecular flexibility index (Phi) is 6.33. The molecule has 0 unspecified atom stereocenters. The molecule has 1 aromatic heterocycles. The fourth-order valence-electron chi connectivity index (χ4n) is 3.45. The Labute approximate surface area is 173 Å². The molecule has 0 aliphatic heterocycles. The largest absolute Gasteiger partial charge is 0.416 e. The van der Waals surface area contributed by atoms with Crippen molar-refractivity contribution in [3.8, 4) is 0 Å². The van der Waals surface area contributed by atoms with Crippen LogP contribution in [-0.4, -0.2) is 26.8 Å². The highest BCUT2D eigenvalue weighted by Crippen LogP contribution is 2.30. The SMILES string of the molecule is Cc1nc(CN(C(=O)CC(C)C)C2CC2)[nH]c(=O)c1Cc1cccc(C(F)(F)F)c1. The van der Waals surface area contributed by atoms with Gasteiger partial charge in [-0.05, 0) is 37.3 Å². The van der Waals surface area contributed by atoms with Gasteiger partial charge in [0.25, 0.3) is 5.56 Å². The Bertz CT molecular complexity index is 978. The number of benzene rings is 1. The highest BCUT2D eigenvalue weighted by molar-refractivity contribution is 5.77. The van der Waals surface area contributed by atoms with Crippen molar-refractivity contribution in [1.29, 1.82) is 0 Å². The van der Waals surface area contributed by atoms with Crippen LogP contribution in [0.1, 0.15) is 61.3 Å². The maximum atomic E-state index is 12.9. The molecule has 0 bridgehead atoms. The van der Waals surface area contributed by atoms with Crippen LogP contribution in [0.5, 0.6) is 0 Å². The lowest BCUT2D eigenvalue weighted by atomic mass is 10.0. The molecule has 1 heterocycles. The van der Waals surface area contributed by atoms with Crippen molar-refractivity contribution in [2.75, 3.05) is 0 Å². The summed E-state index contributed by atoms with van der Waals surface area (Å²) < 4.78 is 38.8. The molecule has 1 saturated carbocycles. The summed E-state index contributed by atoms with van der Waals surface area (Å²) in [5, 5.41) is 0. The van der Waals surface area contributed by atoms with Gasteiger partial charge in [-0.3, -0.25) is 9.59 Å². The summed E-state index contributed by atoms with van der Waals surface area (Å²) in [5.41, 5.74) is 0.0341. The van der Waals surface area contributed by atoms with Crippen molar-refractivity contribution in [1.82, 2.24) is 14.9 Å². The number of nitrogens with one attached hydrogen (secondary N) is 1. The first-order valence-electron chi connectivity index (χ1n) is 10.1. The van der Waals surface area contributed by atoms with Gasteiger partial charge in [-0.25, -0.2) is 4.98 Å². The molecule has 1 N–H and O–H groups in total. The van der Waals surface area contributed by atoms with Crippen LogP contribution in [0.25, 0.3) is 0 Å². The molecule has 0 saturated heterocycles. The van der Waals surface area contributed by atoms with Crippen molar-refractivity contribution in [3.63, 3.8) is 0 Å². The van der Waals surface area contributed by atoms with Crippen molar-refractivity contribution in [3.05, 3.63) is 62.8 Å². The van der Waals surface area contributed by atoms with Crippen LogP contribution in [0.15, 0.2) is 29.1 Å². The minimum absolute atomic E-state index is 0.0424. The van der Waals surface area contributed by atoms with E-state index in [9.17, 15) is 22.8 Å². The van der Waals surface area contributed by atoms with E-state index in [4.69, 9.17) is 0 Å². The predicted molar refractivity (Wildman–Crippen MR) is 107 cm³/mol. The Morgan fingerprint density at radius 1 is 1.30 bits per heavy atom. The van der Waals surface area contributed by atoms with E-state index in [1.165, 1.54) is 6.07 Å². The van der Waals surface area contributed by atoms with Crippen LogP contribution in [0, 0.1) is 12.8 Å². The van der Waals surface area contributed by atoms with Gasteiger partial charge >= 0.3 is 6.18 Å². The summed E-state index contributed by atoms with van der Waals surface area (Å²) in [6.45, 7) is 5.86. The molecule has 8 heteroatoms. The third-order valence-corrected chi connectivity index (χ3v) is 5.12. The van der Waals surface area contributed by atoms with Gasteiger partial charge in [-0.1, -0.05) is 32.0 Å². The molecule has 1 aliphatic rings. The van der Waals surface area contributed by atoms with Gasteiger partial charge in [0.2, 0.25) is 5.91 Å². The number of aromatic nitrogens is 2. The normalized spacial score (nSPS) is 14.2. The predicted octanol–water partition coefficient (Wildman–Crippen LogP) is 4.23. The van der Waals surface area contributed by atoms with Gasteiger partial charge in [0, 0.05) is 30.1 Å². The second-order valence-electron chi connectivity index (χ2n) is 8.30. The summed E-state index contributed by atoms with van der Waals surface area (Å²) in [6.07, 6.45) is -2.06. The summed E-state index contributed by atoms with van der Waals surface area (Å²) in [5.74, 6) is 0.678. The highest BCUT2D eigenvalue weighted by atomic mass is 19.4. The lowest BCUT2D eigenvalue weighted by molar-refractivity contribution is -0.137. The van der Waals surface area contributed by atoms with E-state index >= 15 is 0 Å². The number of aryl methyl sites for hydroxylation is 1. The summed E-state index contributed by atoms with van der Waals surface area (Å²) in [6, 6.07) is 5.12. The van der Waals surface area contributed by atoms with E-state index in [1.54, 1.807) is 17.9 Å². The first-order chi connectivity index (χ1) is 14.0. The smallest absolute Gasteiger partial charge is 0.332 e. The van der Waals surface area contributed by atoms with Gasteiger partial charge < -0.3 is 9.88 Å². The number of H-pyrrole nitrogens is 1. The third kappa shape index (κ3) is 5.49. The molecule has 1 fully saturated rings. The molecule has 1 aromatic carbocycles. The zero-order chi connectivity index (χ0) is 22.1. The summed E-state index contributed by atoms with van der Waals surface area (Å²) in [7, 11) is 0. The van der Waals surface area contributed by atoms with E-state index in [0.29, 0.717) is 29.1 Å². The van der Waals surface area contributed by atoms with Crippen LogP contribution in [-0.2, 0) is 23.9 Å². The molecule has 1 amide bonds. The van der Waals surface area contributed by atoms with Crippen LogP contribution in [0.3, 0.4) is 0 Å². The second kappa shape index (κ2) is 8.62. The summed E-state index contributed by atoms with van der Waals surface area (Å²) >= 11 is 0. The Hall–Kier alpha value is -2.64. The third-order valence-electron chi connectivity index (χ3n) is 5.12. The molecule has 1 aliphatic carbocycles. The zero-order valence-corrected chi connectivity index (χ0v) is 17.3. The number of nitrogens with zero attached hydrogens (tertiary/aromatic N) is 2. The van der Waals surface area contributed by atoms with E-state index in [0.717, 1.165) is 25.0 Å². The monoisotopic (exact) mass is 421 g/mol. The molecule has 0 spiro atoms. The molecule has 30 heavy (non-hydrogen) atoms. The van der Waals surface area contributed by atoms with Crippen LogP contribution >= 0.6 is 0 Å². The summed E-state index contributed by atoms with van der Waals surface area (Å²) in [4.78, 5) is 34.1. The van der Waals surface area contributed by atoms with Gasteiger partial charge in [0.1, 0.15) is 5.82 Å². The number of carbonyl (C=O) groups excluding carboxylic acids is 1. The first kappa shape index (κ1) is 22.1. The lowest BCUT2D eigenvalue weighted by Crippen LogP contribution is -2.35. The Balaban J connectivity index is 1.80. The molecule has 3 rings (SSSR count). The molecule has 162 valence electrons. The number of hydrogen-bond donors (Lipinski definition) is 1. The lowest BCUT2D eigenvalue weighted by Gasteiger charge is -2.23. The van der Waals surface area contributed by atoms with Crippen molar-refractivity contribution in [2.45, 2.75) is 65.2 Å². The number of hydrogen-bond acceptors (Lipinski definition) is 3. The van der Waals surface area contributed by atoms with E-state index < -0.39 is 11.7 Å². The Morgan fingerprint density at radius 3 is 2.57 bits per heavy atom. The molecule has 0 radical (unpaired) electrons. The zero-order valence-electron chi connectivity index (χ0n) is 17.3. The minimum Gasteiger partial charge on any atom is -0.332 e. The average Bonchev–Trinajstić information content (AvgIpc) is 3.46. The van der Waals surface area contributed by atoms with Crippen LogP contribution in [0.2, 0.25) is 0 Å². The van der Waals surface area contributed by atoms with E-state index in [-0.39, 0.29) is 36.4 Å². The van der Waals surface area contributed by atoms with Gasteiger partial charge in [-0.2, -0.15) is 13.2 Å². The fourth-order valence-corrected chi connectivity index (χ4v) is 3.45. The molecular weight excluding hydrogens is 395 g/mol. The number of aromatic amines is 1. The van der Waals surface area contributed by atoms with E-state index in [1.807, 2.05) is 13.8 Å². The maximum Gasteiger partial charge on any atom is 0.416 e. The van der Waals surface area contributed by atoms with Crippen molar-refractivity contribution < 1.29 is 18.0 Å². The second-order valence-corrected chi connectivity index (χ2v) is 8.30. The standard InChI is InChI=1S/C22H26F3N3O2/c1-13(2)9-20(29)28(17-7-8-17)12-19-26-14(3)18(21(30)27-19)11-15-5-4-6-16(10-15)22(23,24)25/h4-6,10,13,17H,7-9,11-12H2,1-3H3,(H,26,27,30). The van der Waals surface area contributed by atoms with Gasteiger partial charge in [0.15, 0.2) is 0 Å². The quantitative estimate of drug-likeness (QED) is 0.728. The molecule has 0 atom stereocenters. The topological polar surface area (TPSA) is 66.1 Å². The van der Waals surface area contributed by atoms with Crippen molar-refractivity contribution >= 4 is 5.91 Å². The van der Waals surface area contributed by atoms with Crippen molar-refractivity contribution in [2.24, 2.45) is 5.92 Å². The minimum atomic E-state index is -4.44. The molecular formula is C22H26F3N3O2. The highest BCUT2D eigenvalue weighted by Gasteiger charge is 2.33. The fraction of sp³-hybridized carbons (Fsp3) is 0.500. The first-order valence-corrected chi connectivity index (χ1v) is 10.1. The van der Waals surface area contributed by atoms with Crippen LogP contribution < -0.4 is 5.56 Å². The number of carbonyl (C=O) groups is 1. The average molecular weight is 421 g/mol. The number of rotatable bonds is 7. The van der Waals surface area contributed by atoms with E-state index in [2.05, 4.69) is 9.97 Å². The number of amides is 1. The Morgan fingerprint density at radius 2 is 2.00 bits per heavy atom.